The van der Waals surface area contributed by atoms with E-state index in [-0.39, 0.29) is 0 Å². The summed E-state index contributed by atoms with van der Waals surface area (Å²) in [4.78, 5) is 13.6. The van der Waals surface area contributed by atoms with E-state index in [1.54, 1.807) is 0 Å². The van der Waals surface area contributed by atoms with Crippen molar-refractivity contribution in [3.05, 3.63) is 58.0 Å². The summed E-state index contributed by atoms with van der Waals surface area (Å²) in [5.41, 5.74) is 4.15. The first-order chi connectivity index (χ1) is 10.8. The molecule has 3 aromatic rings. The molecule has 4 heteroatoms. The summed E-state index contributed by atoms with van der Waals surface area (Å²) in [7, 11) is 0. The predicted octanol–water partition coefficient (Wildman–Crippen LogP) is 4.34. The largest absolute Gasteiger partial charge is 0.290 e. The van der Waals surface area contributed by atoms with E-state index in [1.165, 1.54) is 17.7 Å². The molecule has 1 saturated heterocycles. The number of benzene rings is 1. The molecule has 1 aliphatic heterocycles. The Labute approximate surface area is 134 Å². The zero-order valence-electron chi connectivity index (χ0n) is 12.7. The van der Waals surface area contributed by atoms with Gasteiger partial charge in [-0.15, -0.1) is 11.3 Å². The fraction of sp³-hybridized carbons (Fsp3) is 0.333. The first kappa shape index (κ1) is 13.9. The topological polar surface area (TPSA) is 29.0 Å². The third-order valence-corrected chi connectivity index (χ3v) is 5.40. The van der Waals surface area contributed by atoms with Gasteiger partial charge in [0.15, 0.2) is 0 Å². The Bertz CT molecular complexity index is 782. The van der Waals surface area contributed by atoms with E-state index in [4.69, 9.17) is 9.97 Å². The predicted molar refractivity (Wildman–Crippen MR) is 91.0 cm³/mol. The number of fused-ring (bicyclic) bond motifs is 1. The first-order valence-corrected chi connectivity index (χ1v) is 8.69. The molecule has 0 radical (unpaired) electrons. The number of thiophene rings is 1. The van der Waals surface area contributed by atoms with Crippen molar-refractivity contribution in [1.82, 2.24) is 14.9 Å². The van der Waals surface area contributed by atoms with Crippen LogP contribution in [-0.2, 0) is 6.54 Å². The van der Waals surface area contributed by atoms with Gasteiger partial charge in [-0.3, -0.25) is 4.90 Å². The van der Waals surface area contributed by atoms with Crippen LogP contribution in [0.15, 0.2) is 41.8 Å². The Morgan fingerprint density at radius 3 is 2.73 bits per heavy atom. The van der Waals surface area contributed by atoms with Gasteiger partial charge < -0.3 is 0 Å². The molecule has 1 fully saturated rings. The summed E-state index contributed by atoms with van der Waals surface area (Å²) < 4.78 is 0. The molecule has 112 valence electrons. The summed E-state index contributed by atoms with van der Waals surface area (Å²) in [5, 5.41) is 2.17. The van der Waals surface area contributed by atoms with Crippen molar-refractivity contribution >= 4 is 22.4 Å². The summed E-state index contributed by atoms with van der Waals surface area (Å²) in [6, 6.07) is 13.1. The van der Waals surface area contributed by atoms with E-state index >= 15 is 0 Å². The van der Waals surface area contributed by atoms with Gasteiger partial charge >= 0.3 is 0 Å². The molecule has 3 heterocycles. The number of aryl methyl sites for hydroxylation is 1. The molecular weight excluding hydrogens is 290 g/mol. The smallest absolute Gasteiger partial charge is 0.0890 e. The molecule has 0 unspecified atom stereocenters. The third-order valence-electron chi connectivity index (χ3n) is 4.43. The normalized spacial score (nSPS) is 19.0. The van der Waals surface area contributed by atoms with E-state index in [0.29, 0.717) is 6.04 Å². The minimum absolute atomic E-state index is 0.549. The summed E-state index contributed by atoms with van der Waals surface area (Å²) in [6.07, 6.45) is 2.52. The van der Waals surface area contributed by atoms with Gasteiger partial charge in [0.2, 0.25) is 0 Å². The van der Waals surface area contributed by atoms with Crippen LogP contribution in [0.1, 0.15) is 35.1 Å². The second-order valence-electron chi connectivity index (χ2n) is 5.89. The molecule has 4 rings (SSSR count). The quantitative estimate of drug-likeness (QED) is 0.721. The number of hydrogen-bond donors (Lipinski definition) is 0. The molecule has 1 aliphatic rings. The van der Waals surface area contributed by atoms with Crippen LogP contribution in [0.25, 0.3) is 11.0 Å². The van der Waals surface area contributed by atoms with Crippen LogP contribution in [0.2, 0.25) is 0 Å². The average molecular weight is 309 g/mol. The third kappa shape index (κ3) is 2.53. The molecule has 0 spiro atoms. The lowest BCUT2D eigenvalue weighted by atomic mass is 10.1. The number of rotatable bonds is 3. The molecule has 2 aromatic heterocycles. The maximum Gasteiger partial charge on any atom is 0.0890 e. The van der Waals surface area contributed by atoms with Crippen LogP contribution in [0, 0.1) is 6.92 Å². The Morgan fingerprint density at radius 1 is 1.14 bits per heavy atom. The molecule has 1 aromatic carbocycles. The second-order valence-corrected chi connectivity index (χ2v) is 6.87. The fourth-order valence-corrected chi connectivity index (χ4v) is 4.18. The molecule has 0 bridgehead atoms. The zero-order valence-corrected chi connectivity index (χ0v) is 13.5. The standard InChI is InChI=1S/C18H19N3S/c1-13-16(20-15-7-3-2-6-14(15)19-13)12-21-10-4-8-17(21)18-9-5-11-22-18/h2-3,5-7,9,11,17H,4,8,10,12H2,1H3/t17-/m1/s1. The highest BCUT2D eigenvalue weighted by molar-refractivity contribution is 7.10. The molecule has 0 amide bonds. The molecule has 0 N–H and O–H groups in total. The van der Waals surface area contributed by atoms with Crippen LogP contribution < -0.4 is 0 Å². The first-order valence-electron chi connectivity index (χ1n) is 7.81. The van der Waals surface area contributed by atoms with Gasteiger partial charge in [0.05, 0.1) is 22.4 Å². The maximum atomic E-state index is 4.85. The van der Waals surface area contributed by atoms with Crippen molar-refractivity contribution in [1.29, 1.82) is 0 Å². The van der Waals surface area contributed by atoms with Gasteiger partial charge in [-0.2, -0.15) is 0 Å². The lowest BCUT2D eigenvalue weighted by molar-refractivity contribution is 0.248. The number of hydrogen-bond acceptors (Lipinski definition) is 4. The summed E-state index contributed by atoms with van der Waals surface area (Å²) >= 11 is 1.86. The van der Waals surface area contributed by atoms with Gasteiger partial charge in [-0.1, -0.05) is 18.2 Å². The molecule has 0 saturated carbocycles. The van der Waals surface area contributed by atoms with Crippen LogP contribution in [-0.4, -0.2) is 21.4 Å². The van der Waals surface area contributed by atoms with Crippen LogP contribution in [0.3, 0.4) is 0 Å². The number of likely N-dealkylation sites (tertiary alicyclic amines) is 1. The van der Waals surface area contributed by atoms with Gasteiger partial charge in [0.25, 0.3) is 0 Å². The van der Waals surface area contributed by atoms with Crippen molar-refractivity contribution in [2.75, 3.05) is 6.54 Å². The SMILES string of the molecule is Cc1nc2ccccc2nc1CN1CCC[C@@H]1c1cccs1. The van der Waals surface area contributed by atoms with Crippen LogP contribution in [0.4, 0.5) is 0 Å². The van der Waals surface area contributed by atoms with E-state index in [0.717, 1.165) is 35.5 Å². The molecule has 1 atom stereocenters. The number of aromatic nitrogens is 2. The molecule has 0 aliphatic carbocycles. The molecule has 22 heavy (non-hydrogen) atoms. The van der Waals surface area contributed by atoms with Crippen molar-refractivity contribution in [3.8, 4) is 0 Å². The second kappa shape index (κ2) is 5.78. The lowest BCUT2D eigenvalue weighted by Crippen LogP contribution is -2.23. The number of para-hydroxylation sites is 2. The Morgan fingerprint density at radius 2 is 1.95 bits per heavy atom. The van der Waals surface area contributed by atoms with E-state index in [9.17, 15) is 0 Å². The highest BCUT2D eigenvalue weighted by atomic mass is 32.1. The van der Waals surface area contributed by atoms with Crippen molar-refractivity contribution < 1.29 is 0 Å². The lowest BCUT2D eigenvalue weighted by Gasteiger charge is -2.23. The highest BCUT2D eigenvalue weighted by Crippen LogP contribution is 2.35. The summed E-state index contributed by atoms with van der Waals surface area (Å²) in [5.74, 6) is 0. The van der Waals surface area contributed by atoms with Crippen molar-refractivity contribution in [3.63, 3.8) is 0 Å². The molecule has 3 nitrogen and oxygen atoms in total. The Kier molecular flexibility index (Phi) is 3.64. The van der Waals surface area contributed by atoms with Crippen LogP contribution in [0.5, 0.6) is 0 Å². The monoisotopic (exact) mass is 309 g/mol. The van der Waals surface area contributed by atoms with E-state index in [2.05, 4.69) is 29.3 Å². The van der Waals surface area contributed by atoms with Gasteiger partial charge in [0.1, 0.15) is 0 Å². The van der Waals surface area contributed by atoms with Crippen molar-refractivity contribution in [2.45, 2.75) is 32.4 Å². The summed E-state index contributed by atoms with van der Waals surface area (Å²) in [6.45, 7) is 4.12. The average Bonchev–Trinajstić information content (AvgIpc) is 3.18. The highest BCUT2D eigenvalue weighted by Gasteiger charge is 2.27. The fourth-order valence-electron chi connectivity index (χ4n) is 3.29. The van der Waals surface area contributed by atoms with E-state index < -0.39 is 0 Å². The number of nitrogens with zero attached hydrogens (tertiary/aromatic N) is 3. The van der Waals surface area contributed by atoms with Crippen molar-refractivity contribution in [2.24, 2.45) is 0 Å². The van der Waals surface area contributed by atoms with E-state index in [1.807, 2.05) is 35.6 Å². The van der Waals surface area contributed by atoms with Gasteiger partial charge in [-0.25, -0.2) is 9.97 Å². The minimum atomic E-state index is 0.549. The minimum Gasteiger partial charge on any atom is -0.290 e. The van der Waals surface area contributed by atoms with Crippen LogP contribution >= 0.6 is 11.3 Å². The maximum absolute atomic E-state index is 4.85. The van der Waals surface area contributed by atoms with Gasteiger partial charge in [-0.05, 0) is 49.9 Å². The Hall–Kier alpha value is -1.78. The Balaban J connectivity index is 1.64. The zero-order chi connectivity index (χ0) is 14.9. The molecular formula is C18H19N3S. The van der Waals surface area contributed by atoms with Gasteiger partial charge in [0, 0.05) is 17.5 Å².